The predicted octanol–water partition coefficient (Wildman–Crippen LogP) is 3.35. The summed E-state index contributed by atoms with van der Waals surface area (Å²) < 4.78 is 13.0. The summed E-state index contributed by atoms with van der Waals surface area (Å²) in [7, 11) is 0. The van der Waals surface area contributed by atoms with E-state index >= 15 is 0 Å². The minimum Gasteiger partial charge on any atom is -0.388 e. The zero-order chi connectivity index (χ0) is 17.1. The zero-order valence-corrected chi connectivity index (χ0v) is 13.6. The van der Waals surface area contributed by atoms with E-state index in [4.69, 9.17) is 0 Å². The van der Waals surface area contributed by atoms with E-state index in [1.165, 1.54) is 12.1 Å². The number of anilines is 1. The van der Waals surface area contributed by atoms with Crippen LogP contribution in [0, 0.1) is 30.0 Å². The molecule has 1 atom stereocenters. The molecule has 3 rings (SSSR count). The molecule has 1 saturated heterocycles. The molecular formula is C19H20FN3O. The number of piperidine rings is 1. The highest BCUT2D eigenvalue weighted by molar-refractivity contribution is 5.57. The molecule has 1 fully saturated rings. The minimum absolute atomic E-state index is 0.127. The molecule has 0 aliphatic carbocycles. The van der Waals surface area contributed by atoms with Crippen molar-refractivity contribution in [2.24, 2.45) is 5.92 Å². The summed E-state index contributed by atoms with van der Waals surface area (Å²) in [6.07, 6.45) is 2.75. The summed E-state index contributed by atoms with van der Waals surface area (Å²) in [4.78, 5) is 6.48. The number of benzene rings is 1. The molecule has 0 unspecified atom stereocenters. The Kier molecular flexibility index (Phi) is 4.77. The van der Waals surface area contributed by atoms with Crippen LogP contribution >= 0.6 is 0 Å². The van der Waals surface area contributed by atoms with Gasteiger partial charge in [0.15, 0.2) is 0 Å². The van der Waals surface area contributed by atoms with Crippen LogP contribution in [0.5, 0.6) is 0 Å². The van der Waals surface area contributed by atoms with Crippen molar-refractivity contribution >= 4 is 5.82 Å². The maximum atomic E-state index is 13.0. The molecule has 1 aromatic heterocycles. The van der Waals surface area contributed by atoms with Crippen molar-refractivity contribution in [2.75, 3.05) is 18.0 Å². The summed E-state index contributed by atoms with van der Waals surface area (Å²) >= 11 is 0. The van der Waals surface area contributed by atoms with Gasteiger partial charge in [-0.05, 0) is 55.0 Å². The quantitative estimate of drug-likeness (QED) is 0.940. The Morgan fingerprint density at radius 1 is 1.25 bits per heavy atom. The Morgan fingerprint density at radius 3 is 2.54 bits per heavy atom. The molecule has 0 amide bonds. The lowest BCUT2D eigenvalue weighted by atomic mass is 9.87. The summed E-state index contributed by atoms with van der Waals surface area (Å²) in [6, 6.07) is 10.1. The molecular weight excluding hydrogens is 305 g/mol. The van der Waals surface area contributed by atoms with Gasteiger partial charge < -0.3 is 10.0 Å². The maximum Gasteiger partial charge on any atom is 0.146 e. The first-order valence-electron chi connectivity index (χ1n) is 8.14. The minimum atomic E-state index is -0.589. The third kappa shape index (κ3) is 3.24. The smallest absolute Gasteiger partial charge is 0.146 e. The van der Waals surface area contributed by atoms with E-state index in [1.54, 1.807) is 18.3 Å². The summed E-state index contributed by atoms with van der Waals surface area (Å²) in [5.74, 6) is 0.560. The molecule has 1 aliphatic rings. The van der Waals surface area contributed by atoms with Crippen LogP contribution in [0.3, 0.4) is 0 Å². The Labute approximate surface area is 141 Å². The number of aliphatic hydroxyl groups is 1. The number of nitriles is 1. The molecule has 0 bridgehead atoms. The second kappa shape index (κ2) is 6.98. The topological polar surface area (TPSA) is 60.1 Å². The summed E-state index contributed by atoms with van der Waals surface area (Å²) in [5.41, 5.74) is 2.30. The van der Waals surface area contributed by atoms with E-state index in [0.717, 1.165) is 42.9 Å². The number of aryl methyl sites for hydroxylation is 1. The number of pyridine rings is 1. The second-order valence-corrected chi connectivity index (χ2v) is 6.26. The molecule has 4 nitrogen and oxygen atoms in total. The average Bonchev–Trinajstić information content (AvgIpc) is 2.62. The van der Waals surface area contributed by atoms with E-state index in [9.17, 15) is 14.8 Å². The van der Waals surface area contributed by atoms with Crippen LogP contribution < -0.4 is 4.90 Å². The molecule has 1 N–H and O–H groups in total. The van der Waals surface area contributed by atoms with Gasteiger partial charge in [-0.15, -0.1) is 0 Å². The van der Waals surface area contributed by atoms with Gasteiger partial charge in [-0.25, -0.2) is 9.37 Å². The van der Waals surface area contributed by atoms with E-state index in [1.807, 2.05) is 13.0 Å². The van der Waals surface area contributed by atoms with Crippen LogP contribution in [0.15, 0.2) is 36.5 Å². The van der Waals surface area contributed by atoms with Crippen molar-refractivity contribution in [3.63, 3.8) is 0 Å². The average molecular weight is 325 g/mol. The fraction of sp³-hybridized carbons (Fsp3) is 0.368. The fourth-order valence-electron chi connectivity index (χ4n) is 3.28. The first-order valence-corrected chi connectivity index (χ1v) is 8.14. The van der Waals surface area contributed by atoms with Crippen LogP contribution in [0.4, 0.5) is 10.2 Å². The lowest BCUT2D eigenvalue weighted by molar-refractivity contribution is 0.0928. The number of halogens is 1. The van der Waals surface area contributed by atoms with E-state index in [2.05, 4.69) is 16.0 Å². The van der Waals surface area contributed by atoms with Crippen LogP contribution in [0.25, 0.3) is 0 Å². The van der Waals surface area contributed by atoms with Gasteiger partial charge in [0.2, 0.25) is 0 Å². The molecule has 24 heavy (non-hydrogen) atoms. The van der Waals surface area contributed by atoms with Gasteiger partial charge in [0.25, 0.3) is 0 Å². The number of hydrogen-bond donors (Lipinski definition) is 1. The Hall–Kier alpha value is -2.45. The SMILES string of the molecule is Cc1ccnc(N2CCC([C@@H](O)c3ccc(F)cc3)CC2)c1C#N. The van der Waals surface area contributed by atoms with Gasteiger partial charge >= 0.3 is 0 Å². The lowest BCUT2D eigenvalue weighted by Crippen LogP contribution is -2.36. The van der Waals surface area contributed by atoms with Crippen LogP contribution in [0.1, 0.15) is 35.6 Å². The standard InChI is InChI=1S/C19H20FN3O/c1-13-6-9-22-19(17(13)12-21)23-10-7-15(8-11-23)18(24)14-2-4-16(20)5-3-14/h2-6,9,15,18,24H,7-8,10-11H2,1H3/t18-/m0/s1. The van der Waals surface area contributed by atoms with Crippen molar-refractivity contribution in [3.05, 3.63) is 59.0 Å². The van der Waals surface area contributed by atoms with Gasteiger partial charge in [-0.1, -0.05) is 12.1 Å². The van der Waals surface area contributed by atoms with Crippen molar-refractivity contribution in [3.8, 4) is 6.07 Å². The maximum absolute atomic E-state index is 13.0. The second-order valence-electron chi connectivity index (χ2n) is 6.26. The third-order valence-electron chi connectivity index (χ3n) is 4.75. The molecule has 2 aromatic rings. The van der Waals surface area contributed by atoms with Crippen LogP contribution in [-0.2, 0) is 0 Å². The van der Waals surface area contributed by atoms with E-state index < -0.39 is 6.10 Å². The first-order chi connectivity index (χ1) is 11.6. The highest BCUT2D eigenvalue weighted by Crippen LogP contribution is 2.33. The van der Waals surface area contributed by atoms with Gasteiger partial charge in [-0.2, -0.15) is 5.26 Å². The zero-order valence-electron chi connectivity index (χ0n) is 13.6. The Morgan fingerprint density at radius 2 is 1.92 bits per heavy atom. The number of rotatable bonds is 3. The predicted molar refractivity (Wildman–Crippen MR) is 90.0 cm³/mol. The monoisotopic (exact) mass is 325 g/mol. The van der Waals surface area contributed by atoms with Crippen molar-refractivity contribution < 1.29 is 9.50 Å². The number of hydrogen-bond acceptors (Lipinski definition) is 4. The third-order valence-corrected chi connectivity index (χ3v) is 4.75. The summed E-state index contributed by atoms with van der Waals surface area (Å²) in [6.45, 7) is 3.40. The van der Waals surface area contributed by atoms with Gasteiger partial charge in [0.1, 0.15) is 17.7 Å². The molecule has 5 heteroatoms. The molecule has 2 heterocycles. The van der Waals surface area contributed by atoms with Gasteiger partial charge in [0, 0.05) is 19.3 Å². The largest absolute Gasteiger partial charge is 0.388 e. The number of aromatic nitrogens is 1. The Balaban J connectivity index is 1.69. The number of aliphatic hydroxyl groups excluding tert-OH is 1. The van der Waals surface area contributed by atoms with Gasteiger partial charge in [0.05, 0.1) is 11.7 Å². The molecule has 0 saturated carbocycles. The molecule has 0 radical (unpaired) electrons. The van der Waals surface area contributed by atoms with E-state index in [0.29, 0.717) is 5.56 Å². The van der Waals surface area contributed by atoms with E-state index in [-0.39, 0.29) is 11.7 Å². The summed E-state index contributed by atoms with van der Waals surface area (Å²) in [5, 5.41) is 19.9. The normalized spacial score (nSPS) is 16.7. The molecule has 124 valence electrons. The van der Waals surface area contributed by atoms with Crippen molar-refractivity contribution in [2.45, 2.75) is 25.9 Å². The van der Waals surface area contributed by atoms with Crippen LogP contribution in [-0.4, -0.2) is 23.2 Å². The highest BCUT2D eigenvalue weighted by Gasteiger charge is 2.28. The Bertz CT molecular complexity index is 746. The highest BCUT2D eigenvalue weighted by atomic mass is 19.1. The molecule has 1 aliphatic heterocycles. The molecule has 1 aromatic carbocycles. The van der Waals surface area contributed by atoms with Crippen molar-refractivity contribution in [1.82, 2.24) is 4.98 Å². The fourth-order valence-corrected chi connectivity index (χ4v) is 3.28. The molecule has 0 spiro atoms. The van der Waals surface area contributed by atoms with Crippen LogP contribution in [0.2, 0.25) is 0 Å². The number of nitrogens with zero attached hydrogens (tertiary/aromatic N) is 3. The van der Waals surface area contributed by atoms with Crippen molar-refractivity contribution in [1.29, 1.82) is 5.26 Å². The first kappa shape index (κ1) is 16.4. The van der Waals surface area contributed by atoms with Gasteiger partial charge in [-0.3, -0.25) is 0 Å². The lowest BCUT2D eigenvalue weighted by Gasteiger charge is -2.35.